The van der Waals surface area contributed by atoms with Crippen molar-refractivity contribution in [3.05, 3.63) is 51.9 Å². The summed E-state index contributed by atoms with van der Waals surface area (Å²) in [5.74, 6) is -0.443. The van der Waals surface area contributed by atoms with Crippen molar-refractivity contribution in [1.82, 2.24) is 9.21 Å². The summed E-state index contributed by atoms with van der Waals surface area (Å²) >= 11 is 0. The maximum atomic E-state index is 12.9. The summed E-state index contributed by atoms with van der Waals surface area (Å²) in [7, 11) is -1.90. The van der Waals surface area contributed by atoms with E-state index in [-0.39, 0.29) is 31.2 Å². The number of nitrogens with zero attached hydrogens (tertiary/aromatic N) is 3. The molecular weight excluding hydrogens is 448 g/mol. The van der Waals surface area contributed by atoms with Gasteiger partial charge in [0.2, 0.25) is 10.0 Å². The molecule has 176 valence electrons. The van der Waals surface area contributed by atoms with Gasteiger partial charge >= 0.3 is 0 Å². The third-order valence-corrected chi connectivity index (χ3v) is 8.06. The van der Waals surface area contributed by atoms with Crippen molar-refractivity contribution in [2.45, 2.75) is 23.9 Å². The molecule has 0 aliphatic carbocycles. The number of fused-ring (bicyclic) bond motifs is 3. The van der Waals surface area contributed by atoms with Crippen molar-refractivity contribution in [2.75, 3.05) is 45.2 Å². The van der Waals surface area contributed by atoms with Crippen molar-refractivity contribution in [2.24, 2.45) is 5.18 Å². The summed E-state index contributed by atoms with van der Waals surface area (Å²) in [6, 6.07) is 7.05. The molecule has 33 heavy (non-hydrogen) atoms. The highest BCUT2D eigenvalue weighted by molar-refractivity contribution is 7.89. The van der Waals surface area contributed by atoms with Crippen LogP contribution in [-0.4, -0.2) is 73.6 Å². The molecule has 2 aromatic rings. The molecule has 1 atom stereocenters. The number of amides is 1. The molecule has 11 heteroatoms. The Balaban J connectivity index is 1.78. The second kappa shape index (κ2) is 9.27. The van der Waals surface area contributed by atoms with Crippen LogP contribution in [0.15, 0.2) is 40.4 Å². The number of aliphatic hydroxyl groups is 2. The first-order valence-corrected chi connectivity index (χ1v) is 12.1. The summed E-state index contributed by atoms with van der Waals surface area (Å²) in [6.07, 6.45) is 0.740. The molecule has 10 nitrogen and oxygen atoms in total. The number of aliphatic hydroxyl groups excluding tert-OH is 2. The van der Waals surface area contributed by atoms with Crippen LogP contribution in [0.5, 0.6) is 0 Å². The molecule has 1 amide bonds. The Morgan fingerprint density at radius 1 is 1.15 bits per heavy atom. The summed E-state index contributed by atoms with van der Waals surface area (Å²) in [5.41, 5.74) is 4.79. The smallest absolute Gasteiger partial charge is 0.257 e. The molecule has 0 saturated heterocycles. The van der Waals surface area contributed by atoms with Gasteiger partial charge in [-0.25, -0.2) is 8.42 Å². The topological polar surface area (TPSA) is 140 Å². The second-order valence-corrected chi connectivity index (χ2v) is 10.1. The first kappa shape index (κ1) is 23.5. The molecule has 3 N–H and O–H groups in total. The van der Waals surface area contributed by atoms with Crippen molar-refractivity contribution >= 4 is 21.6 Å². The zero-order valence-electron chi connectivity index (χ0n) is 18.2. The normalized spacial score (nSPS) is 18.2. The van der Waals surface area contributed by atoms with Gasteiger partial charge < -0.3 is 20.4 Å². The van der Waals surface area contributed by atoms with Crippen molar-refractivity contribution in [1.29, 1.82) is 0 Å². The fourth-order valence-electron chi connectivity index (χ4n) is 4.50. The molecule has 0 aromatic heterocycles. The predicted octanol–water partition coefficient (Wildman–Crippen LogP) is 1.08. The minimum atomic E-state index is -3.88. The number of anilines is 1. The van der Waals surface area contributed by atoms with E-state index in [1.165, 1.54) is 12.1 Å². The number of nitrogens with one attached hydrogen (secondary N) is 1. The number of rotatable bonds is 8. The van der Waals surface area contributed by atoms with Gasteiger partial charge in [0, 0.05) is 31.7 Å². The van der Waals surface area contributed by atoms with E-state index in [4.69, 9.17) is 0 Å². The van der Waals surface area contributed by atoms with E-state index in [0.717, 1.165) is 39.5 Å². The van der Waals surface area contributed by atoms with Gasteiger partial charge in [0.1, 0.15) is 0 Å². The first-order chi connectivity index (χ1) is 15.8. The highest BCUT2D eigenvalue weighted by Gasteiger charge is 2.36. The zero-order chi connectivity index (χ0) is 23.8. The van der Waals surface area contributed by atoms with Gasteiger partial charge in [0.05, 0.1) is 23.8 Å². The molecule has 1 unspecified atom stereocenters. The lowest BCUT2D eigenvalue weighted by Crippen LogP contribution is -2.35. The van der Waals surface area contributed by atoms with Crippen LogP contribution >= 0.6 is 0 Å². The minimum Gasteiger partial charge on any atom is -0.395 e. The summed E-state index contributed by atoms with van der Waals surface area (Å²) in [4.78, 5) is 25.8. The van der Waals surface area contributed by atoms with Gasteiger partial charge in [-0.15, -0.1) is 4.91 Å². The first-order valence-electron chi connectivity index (χ1n) is 10.6. The van der Waals surface area contributed by atoms with Crippen molar-refractivity contribution < 1.29 is 23.4 Å². The van der Waals surface area contributed by atoms with Gasteiger partial charge in [-0.1, -0.05) is 17.3 Å². The predicted molar refractivity (Wildman–Crippen MR) is 122 cm³/mol. The zero-order valence-corrected chi connectivity index (χ0v) is 19.0. The quantitative estimate of drug-likeness (QED) is 0.486. The Labute approximate surface area is 191 Å². The van der Waals surface area contributed by atoms with Gasteiger partial charge in [-0.3, -0.25) is 4.79 Å². The Bertz CT molecular complexity index is 1180. The number of likely N-dealkylation sites (N-methyl/N-ethyl adjacent to an activating group) is 1. The summed E-state index contributed by atoms with van der Waals surface area (Å²) in [6.45, 7) is 0.500. The third kappa shape index (κ3) is 4.18. The van der Waals surface area contributed by atoms with E-state index in [0.29, 0.717) is 17.8 Å². The van der Waals surface area contributed by atoms with Crippen LogP contribution in [0, 0.1) is 4.91 Å². The lowest BCUT2D eigenvalue weighted by molar-refractivity contribution is -0.116. The van der Waals surface area contributed by atoms with Crippen LogP contribution in [0.25, 0.3) is 11.1 Å². The standard InChI is InChI=1S/C22H26N4O6S/c1-25-7-6-16-17(12-18-20(19(16)13-25)23-22(29)21(18)24-30)14-2-4-15(5-3-14)33(31,32)26(8-10-27)9-11-28/h2-5,12,21,27-28H,6-11,13H2,1H3,(H,23,29). The second-order valence-electron chi connectivity index (χ2n) is 8.21. The van der Waals surface area contributed by atoms with Crippen molar-refractivity contribution in [3.8, 4) is 11.1 Å². The molecule has 2 heterocycles. The van der Waals surface area contributed by atoms with Crippen LogP contribution in [-0.2, 0) is 27.8 Å². The monoisotopic (exact) mass is 474 g/mol. The van der Waals surface area contributed by atoms with E-state index < -0.39 is 22.0 Å². The fourth-order valence-corrected chi connectivity index (χ4v) is 5.93. The van der Waals surface area contributed by atoms with Gasteiger partial charge in [-0.05, 0) is 53.9 Å². The summed E-state index contributed by atoms with van der Waals surface area (Å²) < 4.78 is 26.8. The van der Waals surface area contributed by atoms with E-state index in [1.54, 1.807) is 18.2 Å². The lowest BCUT2D eigenvalue weighted by atomic mass is 9.87. The van der Waals surface area contributed by atoms with Crippen LogP contribution in [0.1, 0.15) is 22.7 Å². The number of carbonyl (C=O) groups is 1. The SMILES string of the molecule is CN1CCc2c(-c3ccc(S(=O)(=O)N(CCO)CCO)cc3)cc3c(c2C1)NC(=O)C3N=O. The summed E-state index contributed by atoms with van der Waals surface area (Å²) in [5, 5.41) is 24.2. The highest BCUT2D eigenvalue weighted by Crippen LogP contribution is 2.44. The molecule has 2 aliphatic rings. The highest BCUT2D eigenvalue weighted by atomic mass is 32.2. The number of nitroso groups, excluding NO2 is 1. The molecule has 0 saturated carbocycles. The number of hydrogen-bond acceptors (Lipinski definition) is 8. The maximum absolute atomic E-state index is 12.9. The minimum absolute atomic E-state index is 0.0483. The van der Waals surface area contributed by atoms with Gasteiger partial charge in [0.25, 0.3) is 5.91 Å². The van der Waals surface area contributed by atoms with Crippen LogP contribution in [0.4, 0.5) is 5.69 Å². The number of sulfonamides is 1. The lowest BCUT2D eigenvalue weighted by Gasteiger charge is -2.29. The van der Waals surface area contributed by atoms with E-state index >= 15 is 0 Å². The molecule has 0 fully saturated rings. The molecule has 4 rings (SSSR count). The Morgan fingerprint density at radius 3 is 2.42 bits per heavy atom. The molecule has 0 radical (unpaired) electrons. The van der Waals surface area contributed by atoms with Crippen LogP contribution < -0.4 is 5.32 Å². The fraction of sp³-hybridized carbons (Fsp3) is 0.409. The average molecular weight is 475 g/mol. The van der Waals surface area contributed by atoms with Crippen LogP contribution in [0.3, 0.4) is 0 Å². The van der Waals surface area contributed by atoms with E-state index in [1.807, 2.05) is 7.05 Å². The molecular formula is C22H26N4O6S. The van der Waals surface area contributed by atoms with Crippen molar-refractivity contribution in [3.63, 3.8) is 0 Å². The third-order valence-electron chi connectivity index (χ3n) is 6.15. The van der Waals surface area contributed by atoms with Gasteiger partial charge in [0.15, 0.2) is 6.04 Å². The Morgan fingerprint density at radius 2 is 1.82 bits per heavy atom. The van der Waals surface area contributed by atoms with E-state index in [9.17, 15) is 28.3 Å². The molecule has 2 aromatic carbocycles. The number of hydrogen-bond donors (Lipinski definition) is 3. The Hall–Kier alpha value is -2.70. The molecule has 2 aliphatic heterocycles. The largest absolute Gasteiger partial charge is 0.395 e. The Kier molecular flexibility index (Phi) is 6.59. The average Bonchev–Trinajstić information content (AvgIpc) is 3.13. The van der Waals surface area contributed by atoms with Gasteiger partial charge in [-0.2, -0.15) is 4.31 Å². The van der Waals surface area contributed by atoms with E-state index in [2.05, 4.69) is 15.4 Å². The molecule has 0 bridgehead atoms. The number of benzene rings is 2. The number of carbonyl (C=O) groups excluding carboxylic acids is 1. The van der Waals surface area contributed by atoms with Crippen LogP contribution in [0.2, 0.25) is 0 Å². The maximum Gasteiger partial charge on any atom is 0.257 e. The molecule has 0 spiro atoms.